The maximum Gasteiger partial charge on any atom is 0.313 e. The standard InChI is InChI=1S/C20H23NO3/c1-12(2)9-15(20(22)23-4)13-5-7-18-16(10-13)17-11-14(21-3)6-8-19(17)24-18/h5-8,10-12,15,21H,9H2,1-4H3. The zero-order chi connectivity index (χ0) is 17.3. The minimum absolute atomic E-state index is 0.188. The van der Waals surface area contributed by atoms with E-state index in [0.717, 1.165) is 39.6 Å². The first-order valence-electron chi connectivity index (χ1n) is 8.25. The molecule has 0 aliphatic heterocycles. The zero-order valence-electron chi connectivity index (χ0n) is 14.6. The second-order valence-corrected chi connectivity index (χ2v) is 6.52. The molecule has 0 fully saturated rings. The molecule has 1 N–H and O–H groups in total. The van der Waals surface area contributed by atoms with Crippen LogP contribution in [-0.4, -0.2) is 20.1 Å². The molecule has 2 aromatic carbocycles. The average Bonchev–Trinajstić information content (AvgIpc) is 2.95. The van der Waals surface area contributed by atoms with Gasteiger partial charge in [0.25, 0.3) is 0 Å². The number of methoxy groups -OCH3 is 1. The van der Waals surface area contributed by atoms with E-state index in [-0.39, 0.29) is 11.9 Å². The Labute approximate surface area is 141 Å². The summed E-state index contributed by atoms with van der Waals surface area (Å²) in [6.07, 6.45) is 0.760. The lowest BCUT2D eigenvalue weighted by atomic mass is 9.89. The van der Waals surface area contributed by atoms with Crippen molar-refractivity contribution in [1.29, 1.82) is 0 Å². The van der Waals surface area contributed by atoms with Crippen molar-refractivity contribution in [2.45, 2.75) is 26.2 Å². The van der Waals surface area contributed by atoms with Gasteiger partial charge in [-0.2, -0.15) is 0 Å². The molecule has 1 unspecified atom stereocenters. The summed E-state index contributed by atoms with van der Waals surface area (Å²) in [6, 6.07) is 12.0. The van der Waals surface area contributed by atoms with Crippen LogP contribution in [0.25, 0.3) is 21.9 Å². The van der Waals surface area contributed by atoms with Gasteiger partial charge in [0.1, 0.15) is 11.2 Å². The Hall–Kier alpha value is -2.49. The highest BCUT2D eigenvalue weighted by Gasteiger charge is 2.23. The molecular formula is C20H23NO3. The van der Waals surface area contributed by atoms with E-state index >= 15 is 0 Å². The Kier molecular flexibility index (Phi) is 4.47. The first kappa shape index (κ1) is 16.4. The van der Waals surface area contributed by atoms with E-state index in [1.54, 1.807) is 0 Å². The van der Waals surface area contributed by atoms with Crippen LogP contribution in [-0.2, 0) is 9.53 Å². The number of ether oxygens (including phenoxy) is 1. The molecule has 1 aromatic heterocycles. The molecule has 0 aliphatic carbocycles. The third-order valence-corrected chi connectivity index (χ3v) is 4.38. The monoisotopic (exact) mass is 325 g/mol. The Morgan fingerprint density at radius 1 is 1.12 bits per heavy atom. The molecule has 3 aromatic rings. The summed E-state index contributed by atoms with van der Waals surface area (Å²) >= 11 is 0. The van der Waals surface area contributed by atoms with Crippen LogP contribution in [0.3, 0.4) is 0 Å². The Morgan fingerprint density at radius 3 is 2.42 bits per heavy atom. The SMILES string of the molecule is CNc1ccc2oc3ccc(C(CC(C)C)C(=O)OC)cc3c2c1. The summed E-state index contributed by atoms with van der Waals surface area (Å²) in [6.45, 7) is 4.22. The van der Waals surface area contributed by atoms with Gasteiger partial charge >= 0.3 is 5.97 Å². The summed E-state index contributed by atoms with van der Waals surface area (Å²) in [7, 11) is 3.34. The average molecular weight is 325 g/mol. The summed E-state index contributed by atoms with van der Waals surface area (Å²) in [5, 5.41) is 5.22. The van der Waals surface area contributed by atoms with Gasteiger partial charge in [0.05, 0.1) is 13.0 Å². The normalized spacial score (nSPS) is 12.7. The fraction of sp³-hybridized carbons (Fsp3) is 0.350. The Balaban J connectivity index is 2.14. The number of fused-ring (bicyclic) bond motifs is 3. The van der Waals surface area contributed by atoms with E-state index in [4.69, 9.17) is 9.15 Å². The van der Waals surface area contributed by atoms with Crippen molar-refractivity contribution in [3.05, 3.63) is 42.0 Å². The molecular weight excluding hydrogens is 302 g/mol. The van der Waals surface area contributed by atoms with Crippen LogP contribution in [0.2, 0.25) is 0 Å². The lowest BCUT2D eigenvalue weighted by Gasteiger charge is -2.17. The van der Waals surface area contributed by atoms with Gasteiger partial charge in [-0.25, -0.2) is 0 Å². The molecule has 0 aliphatic rings. The van der Waals surface area contributed by atoms with E-state index in [1.807, 2.05) is 31.3 Å². The molecule has 4 nitrogen and oxygen atoms in total. The molecule has 0 saturated heterocycles. The fourth-order valence-electron chi connectivity index (χ4n) is 3.15. The first-order chi connectivity index (χ1) is 11.5. The molecule has 0 saturated carbocycles. The maximum absolute atomic E-state index is 12.2. The van der Waals surface area contributed by atoms with Gasteiger partial charge in [0, 0.05) is 23.5 Å². The third-order valence-electron chi connectivity index (χ3n) is 4.38. The number of hydrogen-bond acceptors (Lipinski definition) is 4. The number of carbonyl (C=O) groups is 1. The van der Waals surface area contributed by atoms with Crippen LogP contribution < -0.4 is 5.32 Å². The second kappa shape index (κ2) is 6.56. The van der Waals surface area contributed by atoms with Crippen LogP contribution >= 0.6 is 0 Å². The molecule has 0 amide bonds. The van der Waals surface area contributed by atoms with E-state index in [2.05, 4.69) is 31.3 Å². The van der Waals surface area contributed by atoms with Crippen molar-refractivity contribution in [2.75, 3.05) is 19.5 Å². The molecule has 3 rings (SSSR count). The number of furan rings is 1. The van der Waals surface area contributed by atoms with E-state index in [0.29, 0.717) is 5.92 Å². The van der Waals surface area contributed by atoms with Crippen molar-refractivity contribution >= 4 is 33.6 Å². The smallest absolute Gasteiger partial charge is 0.313 e. The highest BCUT2D eigenvalue weighted by molar-refractivity contribution is 6.06. The number of nitrogens with one attached hydrogen (secondary N) is 1. The zero-order valence-corrected chi connectivity index (χ0v) is 14.6. The van der Waals surface area contributed by atoms with Gasteiger partial charge in [0.2, 0.25) is 0 Å². The van der Waals surface area contributed by atoms with E-state index < -0.39 is 0 Å². The Bertz CT molecular complexity index is 879. The number of esters is 1. The highest BCUT2D eigenvalue weighted by atomic mass is 16.5. The molecule has 4 heteroatoms. The molecule has 1 atom stereocenters. The Morgan fingerprint density at radius 2 is 1.79 bits per heavy atom. The van der Waals surface area contributed by atoms with Gasteiger partial charge < -0.3 is 14.5 Å². The van der Waals surface area contributed by atoms with Crippen molar-refractivity contribution in [3.8, 4) is 0 Å². The molecule has 0 bridgehead atoms. The summed E-state index contributed by atoms with van der Waals surface area (Å²) < 4.78 is 10.9. The van der Waals surface area contributed by atoms with Gasteiger partial charge in [-0.15, -0.1) is 0 Å². The van der Waals surface area contributed by atoms with Crippen LogP contribution in [0, 0.1) is 5.92 Å². The topological polar surface area (TPSA) is 51.5 Å². The molecule has 126 valence electrons. The summed E-state index contributed by atoms with van der Waals surface area (Å²) in [5.74, 6) is -0.0367. The van der Waals surface area contributed by atoms with Crippen molar-refractivity contribution in [3.63, 3.8) is 0 Å². The molecule has 0 radical (unpaired) electrons. The summed E-state index contributed by atoms with van der Waals surface area (Å²) in [4.78, 5) is 12.2. The highest BCUT2D eigenvalue weighted by Crippen LogP contribution is 2.34. The predicted octanol–water partition coefficient (Wildman–Crippen LogP) is 4.93. The largest absolute Gasteiger partial charge is 0.469 e. The second-order valence-electron chi connectivity index (χ2n) is 6.52. The quantitative estimate of drug-likeness (QED) is 0.676. The van der Waals surface area contributed by atoms with Crippen molar-refractivity contribution in [1.82, 2.24) is 0 Å². The van der Waals surface area contributed by atoms with E-state index in [9.17, 15) is 4.79 Å². The lowest BCUT2D eigenvalue weighted by Crippen LogP contribution is -2.16. The summed E-state index contributed by atoms with van der Waals surface area (Å²) in [5.41, 5.74) is 3.68. The van der Waals surface area contributed by atoms with Crippen molar-refractivity contribution in [2.24, 2.45) is 5.92 Å². The number of rotatable bonds is 5. The number of benzene rings is 2. The fourth-order valence-corrected chi connectivity index (χ4v) is 3.15. The van der Waals surface area contributed by atoms with Crippen LogP contribution in [0.5, 0.6) is 0 Å². The minimum Gasteiger partial charge on any atom is -0.469 e. The van der Waals surface area contributed by atoms with E-state index in [1.165, 1.54) is 7.11 Å². The van der Waals surface area contributed by atoms with Crippen molar-refractivity contribution < 1.29 is 13.9 Å². The van der Waals surface area contributed by atoms with Gasteiger partial charge in [-0.1, -0.05) is 19.9 Å². The first-order valence-corrected chi connectivity index (χ1v) is 8.25. The number of hydrogen-bond donors (Lipinski definition) is 1. The predicted molar refractivity (Wildman–Crippen MR) is 97.5 cm³/mol. The number of carbonyl (C=O) groups excluding carboxylic acids is 1. The number of anilines is 1. The van der Waals surface area contributed by atoms with Gasteiger partial charge in [-0.3, -0.25) is 4.79 Å². The van der Waals surface area contributed by atoms with Crippen LogP contribution in [0.1, 0.15) is 31.7 Å². The minimum atomic E-state index is -0.253. The molecule has 0 spiro atoms. The van der Waals surface area contributed by atoms with Crippen LogP contribution in [0.15, 0.2) is 40.8 Å². The third kappa shape index (κ3) is 2.96. The molecule has 24 heavy (non-hydrogen) atoms. The van der Waals surface area contributed by atoms with Gasteiger partial charge in [0.15, 0.2) is 0 Å². The lowest BCUT2D eigenvalue weighted by molar-refractivity contribution is -0.142. The maximum atomic E-state index is 12.2. The van der Waals surface area contributed by atoms with Gasteiger partial charge in [-0.05, 0) is 48.2 Å². The molecule has 1 heterocycles. The van der Waals surface area contributed by atoms with Crippen LogP contribution in [0.4, 0.5) is 5.69 Å².